The third-order valence-electron chi connectivity index (χ3n) is 14.9. The second-order valence-corrected chi connectivity index (χ2v) is 18.3. The third-order valence-corrected chi connectivity index (χ3v) is 14.9. The number of hydrogen-bond acceptors (Lipinski definition) is 2. The minimum atomic E-state index is -0.468. The number of benzene rings is 10. The average molecular weight is 816 g/mol. The van der Waals surface area contributed by atoms with E-state index in [0.29, 0.717) is 0 Å². The van der Waals surface area contributed by atoms with Crippen molar-refractivity contribution in [1.82, 2.24) is 0 Å². The highest BCUT2D eigenvalue weighted by Crippen LogP contribution is 2.65. The maximum absolute atomic E-state index is 7.05. The summed E-state index contributed by atoms with van der Waals surface area (Å²) >= 11 is 0. The first-order valence-corrected chi connectivity index (χ1v) is 22.4. The molecule has 0 aliphatic heterocycles. The Hall–Kier alpha value is -7.94. The fourth-order valence-corrected chi connectivity index (χ4v) is 12.2. The maximum Gasteiger partial charge on any atom is 0.143 e. The number of para-hydroxylation sites is 2. The van der Waals surface area contributed by atoms with Gasteiger partial charge in [-0.15, -0.1) is 0 Å². The lowest BCUT2D eigenvalue weighted by molar-refractivity contribution is 0.660. The van der Waals surface area contributed by atoms with Crippen LogP contribution in [-0.4, -0.2) is 0 Å². The predicted octanol–water partition coefficient (Wildman–Crippen LogP) is 16.5. The fourth-order valence-electron chi connectivity index (χ4n) is 12.2. The van der Waals surface area contributed by atoms with Gasteiger partial charge in [0, 0.05) is 44.0 Å². The summed E-state index contributed by atoms with van der Waals surface area (Å²) in [5.41, 5.74) is 22.5. The average Bonchev–Trinajstić information content (AvgIpc) is 4.05. The van der Waals surface area contributed by atoms with Crippen LogP contribution in [0.1, 0.15) is 47.2 Å². The van der Waals surface area contributed by atoms with Gasteiger partial charge in [0.1, 0.15) is 11.2 Å². The Kier molecular flexibility index (Phi) is 7.13. The molecule has 0 N–H and O–H groups in total. The van der Waals surface area contributed by atoms with Gasteiger partial charge in [0.15, 0.2) is 0 Å². The smallest absolute Gasteiger partial charge is 0.143 e. The van der Waals surface area contributed by atoms with Gasteiger partial charge in [0.2, 0.25) is 0 Å². The molecule has 3 aliphatic rings. The van der Waals surface area contributed by atoms with Crippen LogP contribution in [0.4, 0.5) is 17.1 Å². The van der Waals surface area contributed by atoms with E-state index in [2.05, 4.69) is 231 Å². The minimum Gasteiger partial charge on any atom is -0.455 e. The molecule has 300 valence electrons. The van der Waals surface area contributed by atoms with Gasteiger partial charge < -0.3 is 9.32 Å². The molecule has 0 fully saturated rings. The van der Waals surface area contributed by atoms with Crippen LogP contribution in [0.25, 0.3) is 77.2 Å². The summed E-state index contributed by atoms with van der Waals surface area (Å²) in [6, 6.07) is 78.9. The zero-order valence-corrected chi connectivity index (χ0v) is 35.6. The number of nitrogens with zero attached hydrogens (tertiary/aromatic N) is 1. The summed E-state index contributed by atoms with van der Waals surface area (Å²) < 4.78 is 7.05. The van der Waals surface area contributed by atoms with E-state index in [9.17, 15) is 0 Å². The molecule has 1 spiro atoms. The number of hydrogen-bond donors (Lipinski definition) is 0. The van der Waals surface area contributed by atoms with Crippen molar-refractivity contribution in [3.63, 3.8) is 0 Å². The van der Waals surface area contributed by atoms with E-state index in [4.69, 9.17) is 4.42 Å². The molecule has 0 saturated carbocycles. The molecule has 0 atom stereocenters. The van der Waals surface area contributed by atoms with Gasteiger partial charge >= 0.3 is 0 Å². The normalized spacial score (nSPS) is 14.3. The van der Waals surface area contributed by atoms with Crippen LogP contribution in [0, 0.1) is 0 Å². The summed E-state index contributed by atoms with van der Waals surface area (Å²) in [6.45, 7) is 4.75. The van der Waals surface area contributed by atoms with Crippen molar-refractivity contribution >= 4 is 49.8 Å². The summed E-state index contributed by atoms with van der Waals surface area (Å²) in [5, 5.41) is 4.55. The summed E-state index contributed by atoms with van der Waals surface area (Å²) in [5.74, 6) is 0. The first kappa shape index (κ1) is 35.6. The molecule has 64 heavy (non-hydrogen) atoms. The standard InChI is InChI=1S/C62H41NO/c1-61(2)50-26-10-5-19-41(50)44-36-34-39(37-55(44)61)63(56-31-14-9-22-45(56)46-24-15-25-47-48-35-33-38-17-3-4-18-40(38)59(48)64-60(46)47)57-32-16-30-54-58(57)49-23-8-13-29-53(49)62(54)51-27-11-6-20-42(51)43-21-7-12-28-52(43)62/h3-37H,1-2H3. The van der Waals surface area contributed by atoms with Gasteiger partial charge in [0.25, 0.3) is 0 Å². The lowest BCUT2D eigenvalue weighted by Gasteiger charge is -2.33. The van der Waals surface area contributed by atoms with Crippen molar-refractivity contribution in [3.05, 3.63) is 246 Å². The van der Waals surface area contributed by atoms with Crippen molar-refractivity contribution in [1.29, 1.82) is 0 Å². The Balaban J connectivity index is 1.07. The zero-order valence-electron chi connectivity index (χ0n) is 35.6. The molecule has 14 rings (SSSR count). The molecule has 3 aliphatic carbocycles. The second-order valence-electron chi connectivity index (χ2n) is 18.3. The SMILES string of the molecule is CC1(C)c2ccccc2-c2ccc(N(c3ccccc3-c3cccc4c3oc3c5ccccc5ccc43)c3cccc4c3-c3ccccc3C43c4ccccc4-c4ccccc43)cc21. The Morgan fingerprint density at radius 3 is 1.62 bits per heavy atom. The molecular weight excluding hydrogens is 775 g/mol. The molecular formula is C62H41NO. The summed E-state index contributed by atoms with van der Waals surface area (Å²) in [6.07, 6.45) is 0. The van der Waals surface area contributed by atoms with E-state index < -0.39 is 5.41 Å². The van der Waals surface area contributed by atoms with Crippen LogP contribution in [0.2, 0.25) is 0 Å². The maximum atomic E-state index is 7.05. The molecule has 0 bridgehead atoms. The molecule has 2 nitrogen and oxygen atoms in total. The summed E-state index contributed by atoms with van der Waals surface area (Å²) in [4.78, 5) is 2.55. The van der Waals surface area contributed by atoms with Crippen LogP contribution < -0.4 is 4.90 Å². The number of furan rings is 1. The molecule has 11 aromatic rings. The molecule has 1 heterocycles. The monoisotopic (exact) mass is 815 g/mol. The third kappa shape index (κ3) is 4.49. The molecule has 0 amide bonds. The van der Waals surface area contributed by atoms with Crippen LogP contribution >= 0.6 is 0 Å². The highest BCUT2D eigenvalue weighted by Gasteiger charge is 2.52. The molecule has 0 unspecified atom stereocenters. The van der Waals surface area contributed by atoms with Crippen molar-refractivity contribution in [2.45, 2.75) is 24.7 Å². The first-order valence-electron chi connectivity index (χ1n) is 22.4. The number of anilines is 3. The molecule has 2 heteroatoms. The molecule has 0 saturated heterocycles. The fraction of sp³-hybridized carbons (Fsp3) is 0.0645. The molecule has 0 radical (unpaired) electrons. The van der Waals surface area contributed by atoms with Crippen molar-refractivity contribution in [2.24, 2.45) is 0 Å². The van der Waals surface area contributed by atoms with Crippen LogP contribution in [-0.2, 0) is 10.8 Å². The van der Waals surface area contributed by atoms with Crippen molar-refractivity contribution in [2.75, 3.05) is 4.90 Å². The zero-order chi connectivity index (χ0) is 42.3. The van der Waals surface area contributed by atoms with E-state index in [1.165, 1.54) is 72.1 Å². The Bertz CT molecular complexity index is 3740. The van der Waals surface area contributed by atoms with E-state index >= 15 is 0 Å². The van der Waals surface area contributed by atoms with Crippen LogP contribution in [0.5, 0.6) is 0 Å². The first-order chi connectivity index (χ1) is 31.5. The second kappa shape index (κ2) is 12.8. The van der Waals surface area contributed by atoms with Gasteiger partial charge in [-0.1, -0.05) is 196 Å². The highest BCUT2D eigenvalue weighted by atomic mass is 16.3. The Morgan fingerprint density at radius 1 is 0.344 bits per heavy atom. The highest BCUT2D eigenvalue weighted by molar-refractivity contribution is 6.18. The number of fused-ring (bicyclic) bond motifs is 18. The Morgan fingerprint density at radius 2 is 0.859 bits per heavy atom. The van der Waals surface area contributed by atoms with Gasteiger partial charge in [-0.2, -0.15) is 0 Å². The quantitative estimate of drug-likeness (QED) is 0.176. The minimum absolute atomic E-state index is 0.178. The van der Waals surface area contributed by atoms with Gasteiger partial charge in [-0.05, 0) is 96.9 Å². The van der Waals surface area contributed by atoms with E-state index in [0.717, 1.165) is 55.5 Å². The lowest BCUT2D eigenvalue weighted by atomic mass is 9.70. The van der Waals surface area contributed by atoms with Gasteiger partial charge in [-0.25, -0.2) is 0 Å². The largest absolute Gasteiger partial charge is 0.455 e. The van der Waals surface area contributed by atoms with E-state index in [1.807, 2.05) is 0 Å². The van der Waals surface area contributed by atoms with E-state index in [-0.39, 0.29) is 5.41 Å². The number of rotatable bonds is 4. The topological polar surface area (TPSA) is 16.4 Å². The van der Waals surface area contributed by atoms with Crippen LogP contribution in [0.3, 0.4) is 0 Å². The predicted molar refractivity (Wildman–Crippen MR) is 265 cm³/mol. The molecule has 10 aromatic carbocycles. The van der Waals surface area contributed by atoms with Crippen molar-refractivity contribution < 1.29 is 4.42 Å². The van der Waals surface area contributed by atoms with Crippen LogP contribution in [0.15, 0.2) is 217 Å². The summed E-state index contributed by atoms with van der Waals surface area (Å²) in [7, 11) is 0. The van der Waals surface area contributed by atoms with Crippen molar-refractivity contribution in [3.8, 4) is 44.5 Å². The van der Waals surface area contributed by atoms with E-state index in [1.54, 1.807) is 0 Å². The van der Waals surface area contributed by atoms with Gasteiger partial charge in [-0.3, -0.25) is 0 Å². The molecule has 1 aromatic heterocycles. The Labute approximate surface area is 372 Å². The van der Waals surface area contributed by atoms with Gasteiger partial charge in [0.05, 0.1) is 16.8 Å². The lowest BCUT2D eigenvalue weighted by Crippen LogP contribution is -2.26.